The molecule has 0 aromatic heterocycles. The van der Waals surface area contributed by atoms with E-state index in [2.05, 4.69) is 19.2 Å². The Balaban J connectivity index is 2.06. The largest absolute Gasteiger partial charge is 0.394 e. The summed E-state index contributed by atoms with van der Waals surface area (Å²) in [5.74, 6) is -0.166. The summed E-state index contributed by atoms with van der Waals surface area (Å²) in [6.45, 7) is 3.85. The molecule has 7 atom stereocenters. The van der Waals surface area contributed by atoms with Gasteiger partial charge in [0.2, 0.25) is 5.91 Å². The van der Waals surface area contributed by atoms with Crippen LogP contribution >= 0.6 is 0 Å². The molecular weight excluding hydrogens is 1050 g/mol. The van der Waals surface area contributed by atoms with E-state index in [-0.39, 0.29) is 12.5 Å². The van der Waals surface area contributed by atoms with Crippen molar-refractivity contribution >= 4 is 5.91 Å². The molecule has 6 N–H and O–H groups in total. The molecule has 0 aromatic carbocycles. The molecule has 0 aliphatic carbocycles. The maximum absolute atomic E-state index is 13.2. The third kappa shape index (κ3) is 54.4. The van der Waals surface area contributed by atoms with Crippen molar-refractivity contribution < 1.29 is 39.8 Å². The number of aliphatic hydroxyl groups excluding tert-OH is 5. The van der Waals surface area contributed by atoms with E-state index in [0.29, 0.717) is 6.42 Å². The molecule has 0 aromatic rings. The molecule has 1 fully saturated rings. The number of hydrogen-bond donors (Lipinski definition) is 6. The first-order chi connectivity index (χ1) is 41.8. The van der Waals surface area contributed by atoms with Crippen LogP contribution in [0.15, 0.2) is 12.2 Å². The predicted octanol–water partition coefficient (Wildman–Crippen LogP) is 21.4. The molecule has 0 spiro atoms. The van der Waals surface area contributed by atoms with E-state index < -0.39 is 49.5 Å². The van der Waals surface area contributed by atoms with E-state index in [4.69, 9.17) is 9.47 Å². The van der Waals surface area contributed by atoms with Gasteiger partial charge < -0.3 is 40.3 Å². The van der Waals surface area contributed by atoms with Gasteiger partial charge in [-0.1, -0.05) is 398 Å². The normalized spacial score (nSPS) is 18.0. The predicted molar refractivity (Wildman–Crippen MR) is 364 cm³/mol. The third-order valence-electron chi connectivity index (χ3n) is 18.9. The number of carbonyl (C=O) groups is 1. The maximum atomic E-state index is 13.2. The molecule has 1 aliphatic heterocycles. The topological polar surface area (TPSA) is 149 Å². The van der Waals surface area contributed by atoms with Gasteiger partial charge in [-0.15, -0.1) is 0 Å². The van der Waals surface area contributed by atoms with Gasteiger partial charge in [0.1, 0.15) is 24.4 Å². The van der Waals surface area contributed by atoms with Crippen LogP contribution in [-0.2, 0) is 14.3 Å². The Morgan fingerprint density at radius 2 is 0.647 bits per heavy atom. The van der Waals surface area contributed by atoms with Crippen LogP contribution in [0.3, 0.4) is 0 Å². The molecule has 0 radical (unpaired) electrons. The van der Waals surface area contributed by atoms with Crippen LogP contribution in [0.25, 0.3) is 0 Å². The highest BCUT2D eigenvalue weighted by Gasteiger charge is 2.44. The van der Waals surface area contributed by atoms with Gasteiger partial charge in [-0.3, -0.25) is 4.79 Å². The maximum Gasteiger partial charge on any atom is 0.220 e. The summed E-state index contributed by atoms with van der Waals surface area (Å²) in [6.07, 6.45) is 79.3. The molecule has 1 rings (SSSR count). The summed E-state index contributed by atoms with van der Waals surface area (Å²) in [5.41, 5.74) is 0. The van der Waals surface area contributed by atoms with Crippen LogP contribution in [0.5, 0.6) is 0 Å². The molecule has 7 unspecified atom stereocenters. The minimum absolute atomic E-state index is 0.166. The molecule has 1 heterocycles. The van der Waals surface area contributed by atoms with Crippen molar-refractivity contribution in [3.05, 3.63) is 12.2 Å². The van der Waals surface area contributed by atoms with Crippen molar-refractivity contribution in [2.45, 2.75) is 455 Å². The fourth-order valence-corrected chi connectivity index (χ4v) is 12.9. The van der Waals surface area contributed by atoms with Crippen LogP contribution in [0.4, 0.5) is 0 Å². The average Bonchev–Trinajstić information content (AvgIpc) is 3.71. The zero-order valence-electron chi connectivity index (χ0n) is 56.9. The fraction of sp³-hybridized carbons (Fsp3) is 0.961. The summed E-state index contributed by atoms with van der Waals surface area (Å²) < 4.78 is 11.3. The van der Waals surface area contributed by atoms with Crippen molar-refractivity contribution in [1.82, 2.24) is 5.32 Å². The van der Waals surface area contributed by atoms with Gasteiger partial charge in [-0.2, -0.15) is 0 Å². The Kier molecular flexibility index (Phi) is 63.5. The Hall–Kier alpha value is -1.07. The number of amides is 1. The van der Waals surface area contributed by atoms with Gasteiger partial charge in [0.25, 0.3) is 0 Å². The Bertz CT molecular complexity index is 1350. The summed E-state index contributed by atoms with van der Waals surface area (Å²) >= 11 is 0. The lowest BCUT2D eigenvalue weighted by Crippen LogP contribution is -2.60. The Morgan fingerprint density at radius 3 is 0.918 bits per heavy atom. The minimum Gasteiger partial charge on any atom is -0.394 e. The number of allylic oxidation sites excluding steroid dienone is 1. The van der Waals surface area contributed by atoms with Crippen LogP contribution < -0.4 is 5.32 Å². The number of carbonyl (C=O) groups excluding carboxylic acids is 1. The molecule has 0 bridgehead atoms. The summed E-state index contributed by atoms with van der Waals surface area (Å²) in [6, 6.07) is -0.803. The van der Waals surface area contributed by atoms with Gasteiger partial charge in [0.15, 0.2) is 6.29 Å². The second kappa shape index (κ2) is 65.9. The van der Waals surface area contributed by atoms with Crippen LogP contribution in [0.1, 0.15) is 412 Å². The smallest absolute Gasteiger partial charge is 0.220 e. The molecule has 9 nitrogen and oxygen atoms in total. The van der Waals surface area contributed by atoms with Crippen LogP contribution in [0, 0.1) is 0 Å². The second-order valence-corrected chi connectivity index (χ2v) is 27.2. The van der Waals surface area contributed by atoms with Crippen molar-refractivity contribution in [3.8, 4) is 0 Å². The van der Waals surface area contributed by atoms with E-state index >= 15 is 0 Å². The van der Waals surface area contributed by atoms with Gasteiger partial charge in [-0.25, -0.2) is 0 Å². The van der Waals surface area contributed by atoms with Crippen molar-refractivity contribution in [2.75, 3.05) is 13.2 Å². The quantitative estimate of drug-likeness (QED) is 0.0261. The minimum atomic E-state index is -1.56. The zero-order valence-corrected chi connectivity index (χ0v) is 56.9. The van der Waals surface area contributed by atoms with Crippen molar-refractivity contribution in [3.63, 3.8) is 0 Å². The lowest BCUT2D eigenvalue weighted by molar-refractivity contribution is -0.302. The van der Waals surface area contributed by atoms with E-state index in [9.17, 15) is 30.3 Å². The SMILES string of the molecule is CCCCCCCCCCCCCCCCCCCCCCCCCC/C=C/C(O)C(COC1OC(CO)C(O)C(O)C1O)NC(=O)CCCCCCCCCCCCCCCCCCCCCCCCCCCCCCCCCCCCCC. The first kappa shape index (κ1) is 81.9. The molecule has 1 aliphatic rings. The number of unbranched alkanes of at least 4 members (excludes halogenated alkanes) is 59. The van der Waals surface area contributed by atoms with Crippen LogP contribution in [-0.4, -0.2) is 87.5 Å². The monoisotopic (exact) mass is 1200 g/mol. The fourth-order valence-electron chi connectivity index (χ4n) is 12.9. The van der Waals surface area contributed by atoms with Crippen molar-refractivity contribution in [2.24, 2.45) is 0 Å². The van der Waals surface area contributed by atoms with Gasteiger partial charge in [0, 0.05) is 6.42 Å². The Morgan fingerprint density at radius 1 is 0.388 bits per heavy atom. The molecule has 506 valence electrons. The first-order valence-corrected chi connectivity index (χ1v) is 38.4. The molecule has 1 amide bonds. The van der Waals surface area contributed by atoms with Gasteiger partial charge in [0.05, 0.1) is 25.4 Å². The second-order valence-electron chi connectivity index (χ2n) is 27.2. The number of rotatable bonds is 69. The van der Waals surface area contributed by atoms with E-state index in [1.807, 2.05) is 6.08 Å². The van der Waals surface area contributed by atoms with Crippen LogP contribution in [0.2, 0.25) is 0 Å². The van der Waals surface area contributed by atoms with E-state index in [1.54, 1.807) is 6.08 Å². The van der Waals surface area contributed by atoms with Gasteiger partial charge in [-0.05, 0) is 19.3 Å². The third-order valence-corrected chi connectivity index (χ3v) is 18.9. The summed E-state index contributed by atoms with van der Waals surface area (Å²) in [5, 5.41) is 54.9. The summed E-state index contributed by atoms with van der Waals surface area (Å²) in [4.78, 5) is 13.2. The van der Waals surface area contributed by atoms with E-state index in [0.717, 1.165) is 38.5 Å². The number of aliphatic hydroxyl groups is 5. The zero-order chi connectivity index (χ0) is 61.4. The first-order valence-electron chi connectivity index (χ1n) is 38.4. The van der Waals surface area contributed by atoms with E-state index in [1.165, 1.54) is 353 Å². The lowest BCUT2D eigenvalue weighted by Gasteiger charge is -2.40. The molecular formula is C76H149NO8. The highest BCUT2D eigenvalue weighted by Crippen LogP contribution is 2.24. The highest BCUT2D eigenvalue weighted by atomic mass is 16.7. The number of hydrogen-bond acceptors (Lipinski definition) is 8. The lowest BCUT2D eigenvalue weighted by atomic mass is 9.99. The molecule has 1 saturated heterocycles. The molecule has 85 heavy (non-hydrogen) atoms. The standard InChI is InChI=1S/C76H149NO8/c1-3-5-7-9-11-13-15-17-19-21-23-25-27-29-31-32-33-34-35-36-37-38-39-40-42-44-46-48-50-52-54-56-58-60-62-64-66-72(80)77-69(68-84-76-75(83)74(82)73(81)71(67-78)85-76)70(79)65-63-61-59-57-55-53-51-49-47-45-43-41-30-28-26-24-22-20-18-16-14-12-10-8-6-4-2/h63,65,69-71,73-76,78-79,81-83H,3-62,64,66-68H2,1-2H3,(H,77,80)/b65-63+. The molecule has 0 saturated carbocycles. The highest BCUT2D eigenvalue weighted by molar-refractivity contribution is 5.76. The number of ether oxygens (including phenoxy) is 2. The average molecular weight is 1210 g/mol. The van der Waals surface area contributed by atoms with Gasteiger partial charge >= 0.3 is 0 Å². The van der Waals surface area contributed by atoms with Crippen molar-refractivity contribution in [1.29, 1.82) is 0 Å². The molecule has 9 heteroatoms. The summed E-state index contributed by atoms with van der Waals surface area (Å²) in [7, 11) is 0. The number of nitrogens with one attached hydrogen (secondary N) is 1. The Labute approximate surface area is 528 Å².